The van der Waals surface area contributed by atoms with Gasteiger partial charge in [0.15, 0.2) is 5.82 Å². The van der Waals surface area contributed by atoms with E-state index in [1.54, 1.807) is 0 Å². The van der Waals surface area contributed by atoms with Gasteiger partial charge in [-0.2, -0.15) is 4.98 Å². The van der Waals surface area contributed by atoms with Gasteiger partial charge in [-0.3, -0.25) is 9.69 Å². The first-order valence-corrected chi connectivity index (χ1v) is 7.22. The lowest BCUT2D eigenvalue weighted by Gasteiger charge is -2.35. The SMILES string of the molecule is CCc1nc(CN2CCN(C(=O)[C@@H](N)CC)CC2)no1. The zero-order chi connectivity index (χ0) is 14.5. The van der Waals surface area contributed by atoms with Crippen LogP contribution in [0.4, 0.5) is 0 Å². The summed E-state index contributed by atoms with van der Waals surface area (Å²) < 4.78 is 5.09. The number of carbonyl (C=O) groups is 1. The highest BCUT2D eigenvalue weighted by atomic mass is 16.5. The molecule has 7 heteroatoms. The Kier molecular flexibility index (Phi) is 5.08. The van der Waals surface area contributed by atoms with Gasteiger partial charge in [-0.15, -0.1) is 0 Å². The van der Waals surface area contributed by atoms with E-state index in [-0.39, 0.29) is 11.9 Å². The van der Waals surface area contributed by atoms with Gasteiger partial charge >= 0.3 is 0 Å². The topological polar surface area (TPSA) is 88.5 Å². The molecule has 2 N–H and O–H groups in total. The van der Waals surface area contributed by atoms with Crippen molar-refractivity contribution in [3.63, 3.8) is 0 Å². The van der Waals surface area contributed by atoms with Crippen molar-refractivity contribution in [2.24, 2.45) is 5.73 Å². The van der Waals surface area contributed by atoms with E-state index in [1.165, 1.54) is 0 Å². The molecule has 0 radical (unpaired) electrons. The van der Waals surface area contributed by atoms with Crippen molar-refractivity contribution < 1.29 is 9.32 Å². The van der Waals surface area contributed by atoms with Crippen molar-refractivity contribution in [2.45, 2.75) is 39.3 Å². The van der Waals surface area contributed by atoms with Gasteiger partial charge < -0.3 is 15.2 Å². The van der Waals surface area contributed by atoms with E-state index >= 15 is 0 Å². The van der Waals surface area contributed by atoms with Gasteiger partial charge in [0.1, 0.15) is 0 Å². The Labute approximate surface area is 119 Å². The fraction of sp³-hybridized carbons (Fsp3) is 0.769. The molecule has 2 rings (SSSR count). The van der Waals surface area contributed by atoms with E-state index in [0.717, 1.165) is 19.5 Å². The molecule has 0 aliphatic carbocycles. The number of amides is 1. The third-order valence-corrected chi connectivity index (χ3v) is 3.62. The molecule has 0 saturated carbocycles. The maximum absolute atomic E-state index is 12.0. The maximum atomic E-state index is 12.0. The normalized spacial score (nSPS) is 18.2. The maximum Gasteiger partial charge on any atom is 0.239 e. The molecule has 1 amide bonds. The summed E-state index contributed by atoms with van der Waals surface area (Å²) in [5.41, 5.74) is 5.79. The van der Waals surface area contributed by atoms with Gasteiger partial charge in [0, 0.05) is 32.6 Å². The lowest BCUT2D eigenvalue weighted by molar-refractivity contribution is -0.134. The molecule has 2 heterocycles. The summed E-state index contributed by atoms with van der Waals surface area (Å²) in [5, 5.41) is 3.95. The second-order valence-corrected chi connectivity index (χ2v) is 5.07. The van der Waals surface area contributed by atoms with Crippen molar-refractivity contribution >= 4 is 5.91 Å². The average molecular weight is 281 g/mol. The Bertz CT molecular complexity index is 440. The Morgan fingerprint density at radius 3 is 2.60 bits per heavy atom. The minimum absolute atomic E-state index is 0.0555. The van der Waals surface area contributed by atoms with Crippen LogP contribution in [0.2, 0.25) is 0 Å². The molecule has 1 fully saturated rings. The highest BCUT2D eigenvalue weighted by molar-refractivity contribution is 5.81. The smallest absolute Gasteiger partial charge is 0.239 e. The quantitative estimate of drug-likeness (QED) is 0.818. The van der Waals surface area contributed by atoms with Gasteiger partial charge in [0.25, 0.3) is 0 Å². The van der Waals surface area contributed by atoms with Gasteiger partial charge in [0.2, 0.25) is 11.8 Å². The number of nitrogens with two attached hydrogens (primary N) is 1. The monoisotopic (exact) mass is 281 g/mol. The Morgan fingerprint density at radius 1 is 1.35 bits per heavy atom. The third kappa shape index (κ3) is 3.55. The second-order valence-electron chi connectivity index (χ2n) is 5.07. The van der Waals surface area contributed by atoms with Crippen LogP contribution >= 0.6 is 0 Å². The number of carbonyl (C=O) groups excluding carboxylic acids is 1. The molecule has 20 heavy (non-hydrogen) atoms. The molecule has 1 aliphatic rings. The predicted molar refractivity (Wildman–Crippen MR) is 73.8 cm³/mol. The molecule has 0 spiro atoms. The molecule has 7 nitrogen and oxygen atoms in total. The summed E-state index contributed by atoms with van der Waals surface area (Å²) in [6, 6.07) is -0.370. The number of piperazine rings is 1. The molecule has 0 aromatic carbocycles. The molecule has 112 valence electrons. The summed E-state index contributed by atoms with van der Waals surface area (Å²) in [5.74, 6) is 1.44. The summed E-state index contributed by atoms with van der Waals surface area (Å²) in [7, 11) is 0. The molecular weight excluding hydrogens is 258 g/mol. The Morgan fingerprint density at radius 2 is 2.05 bits per heavy atom. The van der Waals surface area contributed by atoms with E-state index < -0.39 is 0 Å². The van der Waals surface area contributed by atoms with Crippen LogP contribution in [0.5, 0.6) is 0 Å². The zero-order valence-corrected chi connectivity index (χ0v) is 12.2. The summed E-state index contributed by atoms with van der Waals surface area (Å²) in [6.45, 7) is 7.65. The van der Waals surface area contributed by atoms with Crippen LogP contribution < -0.4 is 5.73 Å². The van der Waals surface area contributed by atoms with Crippen molar-refractivity contribution in [1.82, 2.24) is 19.9 Å². The fourth-order valence-corrected chi connectivity index (χ4v) is 2.23. The molecule has 1 aromatic heterocycles. The van der Waals surface area contributed by atoms with Gasteiger partial charge in [0.05, 0.1) is 12.6 Å². The number of hydrogen-bond acceptors (Lipinski definition) is 6. The van der Waals surface area contributed by atoms with Crippen LogP contribution in [-0.4, -0.2) is 58.1 Å². The lowest BCUT2D eigenvalue weighted by atomic mass is 10.2. The number of aromatic nitrogens is 2. The Balaban J connectivity index is 1.80. The molecule has 1 saturated heterocycles. The summed E-state index contributed by atoms with van der Waals surface area (Å²) >= 11 is 0. The number of rotatable bonds is 5. The van der Waals surface area contributed by atoms with E-state index in [0.29, 0.717) is 37.8 Å². The number of nitrogens with zero attached hydrogens (tertiary/aromatic N) is 4. The fourth-order valence-electron chi connectivity index (χ4n) is 2.23. The highest BCUT2D eigenvalue weighted by Crippen LogP contribution is 2.08. The van der Waals surface area contributed by atoms with Crippen LogP contribution in [0.3, 0.4) is 0 Å². The molecule has 1 aliphatic heterocycles. The van der Waals surface area contributed by atoms with Crippen LogP contribution in [-0.2, 0) is 17.8 Å². The first kappa shape index (κ1) is 14.9. The Hall–Kier alpha value is -1.47. The van der Waals surface area contributed by atoms with E-state index in [1.807, 2.05) is 18.7 Å². The van der Waals surface area contributed by atoms with E-state index in [2.05, 4.69) is 15.0 Å². The van der Waals surface area contributed by atoms with Crippen LogP contribution in [0, 0.1) is 0 Å². The van der Waals surface area contributed by atoms with Crippen molar-refractivity contribution in [3.8, 4) is 0 Å². The van der Waals surface area contributed by atoms with E-state index in [4.69, 9.17) is 10.3 Å². The van der Waals surface area contributed by atoms with Gasteiger partial charge in [-0.1, -0.05) is 19.0 Å². The van der Waals surface area contributed by atoms with Crippen LogP contribution in [0.25, 0.3) is 0 Å². The lowest BCUT2D eigenvalue weighted by Crippen LogP contribution is -2.52. The second kappa shape index (κ2) is 6.81. The molecule has 0 bridgehead atoms. The molecule has 1 aromatic rings. The van der Waals surface area contributed by atoms with Crippen LogP contribution in [0.1, 0.15) is 32.0 Å². The summed E-state index contributed by atoms with van der Waals surface area (Å²) in [4.78, 5) is 20.4. The first-order chi connectivity index (χ1) is 9.63. The van der Waals surface area contributed by atoms with Crippen molar-refractivity contribution in [1.29, 1.82) is 0 Å². The number of aryl methyl sites for hydroxylation is 1. The predicted octanol–water partition coefficient (Wildman–Crippen LogP) is 0.0135. The minimum Gasteiger partial charge on any atom is -0.339 e. The van der Waals surface area contributed by atoms with Gasteiger partial charge in [-0.05, 0) is 6.42 Å². The van der Waals surface area contributed by atoms with Crippen molar-refractivity contribution in [2.75, 3.05) is 26.2 Å². The molecule has 0 unspecified atom stereocenters. The van der Waals surface area contributed by atoms with Crippen molar-refractivity contribution in [3.05, 3.63) is 11.7 Å². The standard InChI is InChI=1S/C13H23N5O2/c1-3-10(14)13(19)18-7-5-17(6-8-18)9-11-15-12(4-2)20-16-11/h10H,3-9,14H2,1-2H3/t10-/m0/s1. The van der Waals surface area contributed by atoms with Gasteiger partial charge in [-0.25, -0.2) is 0 Å². The summed E-state index contributed by atoms with van der Waals surface area (Å²) in [6.07, 6.45) is 1.44. The first-order valence-electron chi connectivity index (χ1n) is 7.22. The minimum atomic E-state index is -0.370. The third-order valence-electron chi connectivity index (χ3n) is 3.62. The number of hydrogen-bond donors (Lipinski definition) is 1. The molecular formula is C13H23N5O2. The van der Waals surface area contributed by atoms with Crippen LogP contribution in [0.15, 0.2) is 4.52 Å². The van der Waals surface area contributed by atoms with E-state index in [9.17, 15) is 4.79 Å². The average Bonchev–Trinajstić information content (AvgIpc) is 2.94. The highest BCUT2D eigenvalue weighted by Gasteiger charge is 2.24. The molecule has 1 atom stereocenters. The largest absolute Gasteiger partial charge is 0.339 e. The zero-order valence-electron chi connectivity index (χ0n) is 12.2.